The van der Waals surface area contributed by atoms with Crippen LogP contribution in [0.15, 0.2) is 24.3 Å². The molecule has 0 amide bonds. The zero-order valence-electron chi connectivity index (χ0n) is 12.3. The Labute approximate surface area is 117 Å². The number of hydrogen-bond acceptors (Lipinski definition) is 1. The van der Waals surface area contributed by atoms with Gasteiger partial charge >= 0.3 is 0 Å². The highest BCUT2D eigenvalue weighted by molar-refractivity contribution is 5.25. The second-order valence-corrected chi connectivity index (χ2v) is 6.09. The maximum Gasteiger partial charge on any atom is 0.0693 e. The topological polar surface area (TPSA) is 23.8 Å². The molecule has 0 aromatic heterocycles. The van der Waals surface area contributed by atoms with Crippen LogP contribution in [0.5, 0.6) is 0 Å². The summed E-state index contributed by atoms with van der Waals surface area (Å²) in [6.07, 6.45) is 7.92. The van der Waals surface area contributed by atoms with Crippen molar-refractivity contribution in [1.82, 2.24) is 0 Å². The van der Waals surface area contributed by atoms with Gasteiger partial charge in [0.1, 0.15) is 0 Å². The maximum absolute atomic E-state index is 9.61. The lowest BCUT2D eigenvalue weighted by molar-refractivity contribution is 0.205. The van der Waals surface area contributed by atoms with Crippen LogP contribution in [0.1, 0.15) is 57.1 Å². The van der Waals surface area contributed by atoms with E-state index in [1.807, 2.05) is 0 Å². The van der Waals surface area contributed by atoms with E-state index in [0.29, 0.717) is 0 Å². The Hall–Kier alpha value is -1.29. The van der Waals surface area contributed by atoms with Crippen LogP contribution in [0.3, 0.4) is 0 Å². The summed E-state index contributed by atoms with van der Waals surface area (Å²) in [6, 6.07) is 11.5. The van der Waals surface area contributed by atoms with Crippen molar-refractivity contribution in [2.75, 3.05) is 0 Å². The predicted molar refractivity (Wildman–Crippen MR) is 79.8 cm³/mol. The van der Waals surface area contributed by atoms with Gasteiger partial charge in [-0.05, 0) is 55.6 Å². The molecule has 1 aromatic carbocycles. The van der Waals surface area contributed by atoms with E-state index < -0.39 is 0 Å². The molecule has 1 nitrogen and oxygen atoms in total. The van der Waals surface area contributed by atoms with Crippen LogP contribution in [0.25, 0.3) is 0 Å². The van der Waals surface area contributed by atoms with Crippen molar-refractivity contribution in [2.24, 2.45) is 11.3 Å². The summed E-state index contributed by atoms with van der Waals surface area (Å²) in [5, 5.41) is 9.61. The molecular formula is C18H25N. The zero-order chi connectivity index (χ0) is 13.7. The first-order valence-electron chi connectivity index (χ1n) is 7.70. The first-order valence-corrected chi connectivity index (χ1v) is 7.70. The standard InChI is InChI=1S/C18H25N/c1-3-15-5-7-17(8-6-15)13-18(14-19)11-9-16(4-2)10-12-18/h5-8,16H,3-4,9-13H2,1-2H3. The van der Waals surface area contributed by atoms with E-state index in [-0.39, 0.29) is 5.41 Å². The van der Waals surface area contributed by atoms with Crippen LogP contribution in [0, 0.1) is 22.7 Å². The molecule has 0 atom stereocenters. The number of hydrogen-bond donors (Lipinski definition) is 0. The van der Waals surface area contributed by atoms with Gasteiger partial charge in [0.2, 0.25) is 0 Å². The van der Waals surface area contributed by atoms with Crippen molar-refractivity contribution in [2.45, 2.75) is 58.8 Å². The van der Waals surface area contributed by atoms with E-state index in [2.05, 4.69) is 44.2 Å². The minimum atomic E-state index is -0.0978. The highest BCUT2D eigenvalue weighted by atomic mass is 14.4. The van der Waals surface area contributed by atoms with Crippen LogP contribution in [-0.2, 0) is 12.8 Å². The van der Waals surface area contributed by atoms with Gasteiger partial charge in [-0.1, -0.05) is 44.5 Å². The van der Waals surface area contributed by atoms with Crippen molar-refractivity contribution >= 4 is 0 Å². The molecule has 0 saturated heterocycles. The van der Waals surface area contributed by atoms with Crippen LogP contribution < -0.4 is 0 Å². The Kier molecular flexibility index (Phi) is 4.64. The molecular weight excluding hydrogens is 230 g/mol. The molecule has 1 fully saturated rings. The molecule has 1 heteroatoms. The van der Waals surface area contributed by atoms with Gasteiger partial charge in [0.05, 0.1) is 11.5 Å². The summed E-state index contributed by atoms with van der Waals surface area (Å²) in [5.41, 5.74) is 2.61. The predicted octanol–water partition coefficient (Wildman–Crippen LogP) is 4.90. The number of nitrogens with zero attached hydrogens (tertiary/aromatic N) is 1. The minimum Gasteiger partial charge on any atom is -0.198 e. The number of nitriles is 1. The zero-order valence-corrected chi connectivity index (χ0v) is 12.3. The molecule has 102 valence electrons. The second-order valence-electron chi connectivity index (χ2n) is 6.09. The number of rotatable bonds is 4. The third-order valence-electron chi connectivity index (χ3n) is 4.85. The molecule has 0 spiro atoms. The molecule has 1 aromatic rings. The molecule has 2 rings (SSSR count). The summed E-state index contributed by atoms with van der Waals surface area (Å²) in [6.45, 7) is 4.45. The van der Waals surface area contributed by atoms with Gasteiger partial charge in [-0.3, -0.25) is 0 Å². The fourth-order valence-corrected chi connectivity index (χ4v) is 3.25. The van der Waals surface area contributed by atoms with Crippen LogP contribution in [-0.4, -0.2) is 0 Å². The Morgan fingerprint density at radius 1 is 1.11 bits per heavy atom. The van der Waals surface area contributed by atoms with E-state index in [0.717, 1.165) is 31.6 Å². The molecule has 0 bridgehead atoms. The van der Waals surface area contributed by atoms with Crippen LogP contribution in [0.2, 0.25) is 0 Å². The van der Waals surface area contributed by atoms with Crippen molar-refractivity contribution in [3.05, 3.63) is 35.4 Å². The lowest BCUT2D eigenvalue weighted by Gasteiger charge is -2.34. The monoisotopic (exact) mass is 255 g/mol. The Morgan fingerprint density at radius 2 is 1.68 bits per heavy atom. The fraction of sp³-hybridized carbons (Fsp3) is 0.611. The Balaban J connectivity index is 2.04. The first-order chi connectivity index (χ1) is 9.21. The average Bonchev–Trinajstić information content (AvgIpc) is 2.49. The lowest BCUT2D eigenvalue weighted by atomic mass is 9.68. The van der Waals surface area contributed by atoms with Crippen molar-refractivity contribution < 1.29 is 0 Å². The van der Waals surface area contributed by atoms with Crippen LogP contribution in [0.4, 0.5) is 0 Å². The molecule has 0 unspecified atom stereocenters. The summed E-state index contributed by atoms with van der Waals surface area (Å²) in [5.74, 6) is 0.851. The summed E-state index contributed by atoms with van der Waals surface area (Å²) in [4.78, 5) is 0. The smallest absolute Gasteiger partial charge is 0.0693 e. The van der Waals surface area contributed by atoms with Gasteiger partial charge < -0.3 is 0 Å². The van der Waals surface area contributed by atoms with Gasteiger partial charge in [0, 0.05) is 0 Å². The summed E-state index contributed by atoms with van der Waals surface area (Å²) < 4.78 is 0. The SMILES string of the molecule is CCc1ccc(CC2(C#N)CCC(CC)CC2)cc1. The quantitative estimate of drug-likeness (QED) is 0.750. The minimum absolute atomic E-state index is 0.0978. The van der Waals surface area contributed by atoms with E-state index in [1.54, 1.807) is 0 Å². The van der Waals surface area contributed by atoms with E-state index >= 15 is 0 Å². The molecule has 1 saturated carbocycles. The van der Waals surface area contributed by atoms with Crippen molar-refractivity contribution in [1.29, 1.82) is 5.26 Å². The summed E-state index contributed by atoms with van der Waals surface area (Å²) >= 11 is 0. The average molecular weight is 255 g/mol. The first kappa shape index (κ1) is 14.1. The Bertz CT molecular complexity index is 430. The van der Waals surface area contributed by atoms with E-state index in [9.17, 15) is 5.26 Å². The fourth-order valence-electron chi connectivity index (χ4n) is 3.25. The molecule has 1 aliphatic carbocycles. The summed E-state index contributed by atoms with van der Waals surface area (Å²) in [7, 11) is 0. The van der Waals surface area contributed by atoms with Crippen LogP contribution >= 0.6 is 0 Å². The van der Waals surface area contributed by atoms with E-state index in [1.165, 1.54) is 30.4 Å². The molecule has 19 heavy (non-hydrogen) atoms. The third-order valence-corrected chi connectivity index (χ3v) is 4.85. The van der Waals surface area contributed by atoms with Gasteiger partial charge in [0.25, 0.3) is 0 Å². The molecule has 0 aliphatic heterocycles. The van der Waals surface area contributed by atoms with Crippen molar-refractivity contribution in [3.8, 4) is 6.07 Å². The maximum atomic E-state index is 9.61. The largest absolute Gasteiger partial charge is 0.198 e. The van der Waals surface area contributed by atoms with Gasteiger partial charge in [-0.25, -0.2) is 0 Å². The second kappa shape index (κ2) is 6.24. The normalized spacial score (nSPS) is 26.9. The third kappa shape index (κ3) is 3.38. The highest BCUT2D eigenvalue weighted by Gasteiger charge is 2.35. The highest BCUT2D eigenvalue weighted by Crippen LogP contribution is 2.41. The number of benzene rings is 1. The molecule has 1 aliphatic rings. The molecule has 0 heterocycles. The van der Waals surface area contributed by atoms with Gasteiger partial charge in [-0.2, -0.15) is 5.26 Å². The van der Waals surface area contributed by atoms with Crippen molar-refractivity contribution in [3.63, 3.8) is 0 Å². The lowest BCUT2D eigenvalue weighted by Crippen LogP contribution is -2.28. The molecule has 0 N–H and O–H groups in total. The number of aryl methyl sites for hydroxylation is 1. The Morgan fingerprint density at radius 3 is 2.16 bits per heavy atom. The molecule has 0 radical (unpaired) electrons. The van der Waals surface area contributed by atoms with Gasteiger partial charge in [-0.15, -0.1) is 0 Å². The van der Waals surface area contributed by atoms with E-state index in [4.69, 9.17) is 0 Å². The van der Waals surface area contributed by atoms with Gasteiger partial charge in [0.15, 0.2) is 0 Å².